The molecule has 0 spiro atoms. The molecule has 0 aromatic heterocycles. The van der Waals surface area contributed by atoms with Gasteiger partial charge in [0.1, 0.15) is 0 Å². The lowest BCUT2D eigenvalue weighted by atomic mass is 10.1. The van der Waals surface area contributed by atoms with Crippen molar-refractivity contribution in [1.29, 1.82) is 0 Å². The Morgan fingerprint density at radius 3 is 2.33 bits per heavy atom. The van der Waals surface area contributed by atoms with E-state index in [0.717, 1.165) is 23.1 Å². The Bertz CT molecular complexity index is 655. The molecule has 2 aromatic carbocycles. The lowest BCUT2D eigenvalue weighted by Crippen LogP contribution is -2.41. The number of hydrogen-bond donors (Lipinski definition) is 2. The lowest BCUT2D eigenvalue weighted by Gasteiger charge is -2.26. The fourth-order valence-electron chi connectivity index (χ4n) is 2.51. The molecule has 0 aliphatic carbocycles. The molecule has 0 radical (unpaired) electrons. The van der Waals surface area contributed by atoms with Crippen LogP contribution in [0.4, 0.5) is 0 Å². The number of hydrogen-bond acceptors (Lipinski definition) is 2. The van der Waals surface area contributed by atoms with Gasteiger partial charge in [0.15, 0.2) is 5.96 Å². The van der Waals surface area contributed by atoms with Gasteiger partial charge in [-0.25, -0.2) is 0 Å². The smallest absolute Gasteiger partial charge is 0.191 e. The first-order chi connectivity index (χ1) is 11.6. The Morgan fingerprint density at radius 1 is 1.04 bits per heavy atom. The molecule has 4 nitrogen and oxygen atoms in total. The van der Waals surface area contributed by atoms with Crippen LogP contribution in [-0.2, 0) is 6.54 Å². The van der Waals surface area contributed by atoms with Crippen molar-refractivity contribution in [2.24, 2.45) is 4.99 Å². The molecule has 0 aliphatic rings. The van der Waals surface area contributed by atoms with E-state index in [4.69, 9.17) is 11.6 Å². The zero-order chi connectivity index (χ0) is 17.4. The van der Waals surface area contributed by atoms with E-state index in [0.29, 0.717) is 6.54 Å². The summed E-state index contributed by atoms with van der Waals surface area (Å²) in [6, 6.07) is 18.5. The first kappa shape index (κ1) is 18.3. The van der Waals surface area contributed by atoms with E-state index in [9.17, 15) is 0 Å². The van der Waals surface area contributed by atoms with E-state index < -0.39 is 0 Å². The molecule has 0 saturated heterocycles. The van der Waals surface area contributed by atoms with Crippen LogP contribution >= 0.6 is 11.6 Å². The number of guanidine groups is 1. The second-order valence-electron chi connectivity index (χ2n) is 5.79. The number of nitrogens with zero attached hydrogens (tertiary/aromatic N) is 2. The highest BCUT2D eigenvalue weighted by atomic mass is 35.5. The van der Waals surface area contributed by atoms with E-state index >= 15 is 0 Å². The number of benzene rings is 2. The van der Waals surface area contributed by atoms with Crippen LogP contribution in [0, 0.1) is 0 Å². The number of rotatable bonds is 6. The summed E-state index contributed by atoms with van der Waals surface area (Å²) in [4.78, 5) is 6.49. The maximum absolute atomic E-state index is 6.19. The van der Waals surface area contributed by atoms with E-state index in [1.807, 2.05) is 30.3 Å². The zero-order valence-electron chi connectivity index (χ0n) is 14.5. The Hall–Kier alpha value is -2.04. The van der Waals surface area contributed by atoms with Gasteiger partial charge >= 0.3 is 0 Å². The molecule has 0 aliphatic heterocycles. The SMILES string of the molecule is CN=C(NCc1ccccc1Cl)NCC(c1ccccc1)N(C)C. The van der Waals surface area contributed by atoms with E-state index in [-0.39, 0.29) is 6.04 Å². The van der Waals surface area contributed by atoms with Crippen LogP contribution in [0.3, 0.4) is 0 Å². The summed E-state index contributed by atoms with van der Waals surface area (Å²) in [5, 5.41) is 7.46. The van der Waals surface area contributed by atoms with Gasteiger partial charge in [-0.2, -0.15) is 0 Å². The molecule has 2 aromatic rings. The summed E-state index contributed by atoms with van der Waals surface area (Å²) in [6.45, 7) is 1.40. The lowest BCUT2D eigenvalue weighted by molar-refractivity contribution is 0.298. The summed E-state index contributed by atoms with van der Waals surface area (Å²) in [7, 11) is 5.94. The van der Waals surface area contributed by atoms with Crippen LogP contribution in [0.2, 0.25) is 5.02 Å². The minimum Gasteiger partial charge on any atom is -0.354 e. The Morgan fingerprint density at radius 2 is 1.71 bits per heavy atom. The molecule has 2 N–H and O–H groups in total. The standard InChI is InChI=1S/C19H25ClN4/c1-21-19(22-13-16-11-7-8-12-17(16)20)23-14-18(24(2)3)15-9-5-4-6-10-15/h4-12,18H,13-14H2,1-3H3,(H2,21,22,23). The average molecular weight is 345 g/mol. The average Bonchev–Trinajstić information content (AvgIpc) is 2.59. The molecule has 128 valence electrons. The summed E-state index contributed by atoms with van der Waals surface area (Å²) in [5.41, 5.74) is 2.32. The molecule has 24 heavy (non-hydrogen) atoms. The quantitative estimate of drug-likeness (QED) is 0.624. The normalized spacial score (nSPS) is 13.0. The van der Waals surface area contributed by atoms with Crippen LogP contribution in [-0.4, -0.2) is 38.5 Å². The van der Waals surface area contributed by atoms with Crippen molar-refractivity contribution < 1.29 is 0 Å². The Kier molecular flexibility index (Phi) is 7.09. The van der Waals surface area contributed by atoms with E-state index in [2.05, 4.69) is 58.9 Å². The van der Waals surface area contributed by atoms with Gasteiger partial charge in [-0.05, 0) is 31.3 Å². The third kappa shape index (κ3) is 5.25. The maximum atomic E-state index is 6.19. The van der Waals surface area contributed by atoms with Gasteiger partial charge in [0.05, 0.1) is 6.04 Å². The van der Waals surface area contributed by atoms with Crippen molar-refractivity contribution >= 4 is 17.6 Å². The summed E-state index contributed by atoms with van der Waals surface area (Å²) < 4.78 is 0. The van der Waals surface area contributed by atoms with E-state index in [1.54, 1.807) is 7.05 Å². The summed E-state index contributed by atoms with van der Waals surface area (Å²) in [5.74, 6) is 0.762. The third-order valence-electron chi connectivity index (χ3n) is 3.90. The van der Waals surface area contributed by atoms with Crippen LogP contribution in [0.5, 0.6) is 0 Å². The third-order valence-corrected chi connectivity index (χ3v) is 4.27. The number of nitrogens with one attached hydrogen (secondary N) is 2. The second-order valence-corrected chi connectivity index (χ2v) is 6.20. The van der Waals surface area contributed by atoms with Gasteiger partial charge in [0.2, 0.25) is 0 Å². The summed E-state index contributed by atoms with van der Waals surface area (Å²) in [6.07, 6.45) is 0. The van der Waals surface area contributed by atoms with Crippen LogP contribution in [0.1, 0.15) is 17.2 Å². The molecule has 0 amide bonds. The minimum atomic E-state index is 0.269. The Balaban J connectivity index is 1.94. The predicted molar refractivity (Wildman–Crippen MR) is 103 cm³/mol. The first-order valence-corrected chi connectivity index (χ1v) is 8.39. The van der Waals surface area contributed by atoms with Crippen molar-refractivity contribution in [1.82, 2.24) is 15.5 Å². The molecule has 5 heteroatoms. The summed E-state index contributed by atoms with van der Waals surface area (Å²) >= 11 is 6.19. The zero-order valence-corrected chi connectivity index (χ0v) is 15.2. The predicted octanol–water partition coefficient (Wildman–Crippen LogP) is 3.31. The molecular formula is C19H25ClN4. The number of aliphatic imine (C=N–C) groups is 1. The van der Waals surface area contributed by atoms with E-state index in [1.165, 1.54) is 5.56 Å². The van der Waals surface area contributed by atoms with Crippen LogP contribution in [0.15, 0.2) is 59.6 Å². The van der Waals surface area contributed by atoms with Crippen molar-refractivity contribution in [3.8, 4) is 0 Å². The first-order valence-electron chi connectivity index (χ1n) is 8.01. The van der Waals surface area contributed by atoms with Gasteiger partial charge in [-0.15, -0.1) is 0 Å². The molecule has 0 heterocycles. The van der Waals surface area contributed by atoms with Crippen molar-refractivity contribution in [2.45, 2.75) is 12.6 Å². The molecular weight excluding hydrogens is 320 g/mol. The molecule has 1 atom stereocenters. The molecule has 1 unspecified atom stereocenters. The second kappa shape index (κ2) is 9.30. The highest BCUT2D eigenvalue weighted by molar-refractivity contribution is 6.31. The minimum absolute atomic E-state index is 0.269. The molecule has 0 fully saturated rings. The van der Waals surface area contributed by atoms with Gasteiger partial charge in [-0.1, -0.05) is 60.1 Å². The number of halogens is 1. The monoisotopic (exact) mass is 344 g/mol. The fraction of sp³-hybridized carbons (Fsp3) is 0.316. The van der Waals surface area contributed by atoms with Gasteiger partial charge in [-0.3, -0.25) is 4.99 Å². The largest absolute Gasteiger partial charge is 0.354 e. The van der Waals surface area contributed by atoms with Crippen molar-refractivity contribution in [3.63, 3.8) is 0 Å². The molecule has 2 rings (SSSR count). The van der Waals surface area contributed by atoms with Crippen molar-refractivity contribution in [3.05, 3.63) is 70.7 Å². The van der Waals surface area contributed by atoms with Gasteiger partial charge < -0.3 is 15.5 Å². The Labute approximate surface area is 149 Å². The highest BCUT2D eigenvalue weighted by Gasteiger charge is 2.14. The maximum Gasteiger partial charge on any atom is 0.191 e. The van der Waals surface area contributed by atoms with Crippen LogP contribution in [0.25, 0.3) is 0 Å². The number of likely N-dealkylation sites (N-methyl/N-ethyl adjacent to an activating group) is 1. The molecule has 0 saturated carbocycles. The van der Waals surface area contributed by atoms with Crippen LogP contribution < -0.4 is 10.6 Å². The fourth-order valence-corrected chi connectivity index (χ4v) is 2.71. The molecule has 0 bridgehead atoms. The highest BCUT2D eigenvalue weighted by Crippen LogP contribution is 2.17. The van der Waals surface area contributed by atoms with Crippen molar-refractivity contribution in [2.75, 3.05) is 27.7 Å². The topological polar surface area (TPSA) is 39.7 Å². The van der Waals surface area contributed by atoms with Gasteiger partial charge in [0, 0.05) is 25.2 Å². The van der Waals surface area contributed by atoms with Gasteiger partial charge in [0.25, 0.3) is 0 Å².